The number of rotatable bonds is 2. The summed E-state index contributed by atoms with van der Waals surface area (Å²) < 4.78 is 0. The highest BCUT2D eigenvalue weighted by Gasteiger charge is 2.54. The molecule has 60 heavy (non-hydrogen) atoms. The SMILES string of the molecule is Cc1cc2c(cc1C)C1=CC=C3C4=CC=C5c6c(c(-c7ccccc7)c7cc8c9c(cccc9c7c6-c6ccccc6)C6=C8CCC=C6)C6=CC=C(C7=CC=C2C1C73)C4C65. The molecule has 15 rings (SSSR count). The summed E-state index contributed by atoms with van der Waals surface area (Å²) in [5.41, 5.74) is 31.8. The molecule has 0 nitrogen and oxygen atoms in total. The van der Waals surface area contributed by atoms with Crippen LogP contribution in [0.4, 0.5) is 0 Å². The van der Waals surface area contributed by atoms with Crippen molar-refractivity contribution in [3.63, 3.8) is 0 Å². The first kappa shape index (κ1) is 32.1. The van der Waals surface area contributed by atoms with E-state index in [0.29, 0.717) is 11.8 Å². The molecule has 0 aliphatic heterocycles. The Labute approximate surface area is 350 Å². The van der Waals surface area contributed by atoms with Crippen LogP contribution in [0.2, 0.25) is 0 Å². The third kappa shape index (κ3) is 3.73. The lowest BCUT2D eigenvalue weighted by atomic mass is 9.54. The van der Waals surface area contributed by atoms with Gasteiger partial charge < -0.3 is 0 Å². The van der Waals surface area contributed by atoms with Crippen LogP contribution in [-0.2, 0) is 0 Å². The zero-order valence-electron chi connectivity index (χ0n) is 33.7. The molecule has 0 amide bonds. The van der Waals surface area contributed by atoms with Crippen molar-refractivity contribution in [1.29, 1.82) is 0 Å². The Morgan fingerprint density at radius 3 is 1.53 bits per heavy atom. The van der Waals surface area contributed by atoms with E-state index in [1.54, 1.807) is 0 Å². The van der Waals surface area contributed by atoms with Gasteiger partial charge in [-0.3, -0.25) is 0 Å². The zero-order valence-corrected chi connectivity index (χ0v) is 33.7. The molecular weight excluding hydrogens is 721 g/mol. The molecule has 4 unspecified atom stereocenters. The summed E-state index contributed by atoms with van der Waals surface area (Å²) in [6.45, 7) is 4.53. The van der Waals surface area contributed by atoms with Gasteiger partial charge in [0.1, 0.15) is 0 Å². The highest BCUT2D eigenvalue weighted by atomic mass is 14.6. The van der Waals surface area contributed by atoms with Crippen LogP contribution >= 0.6 is 0 Å². The number of benzene rings is 6. The van der Waals surface area contributed by atoms with Crippen molar-refractivity contribution in [2.45, 2.75) is 26.7 Å². The number of hydrogen-bond donors (Lipinski definition) is 0. The molecule has 280 valence electrons. The van der Waals surface area contributed by atoms with E-state index in [1.807, 2.05) is 0 Å². The molecule has 0 saturated heterocycles. The summed E-state index contributed by atoms with van der Waals surface area (Å²) >= 11 is 0. The molecule has 0 N–H and O–H groups in total. The van der Waals surface area contributed by atoms with Gasteiger partial charge in [0, 0.05) is 23.7 Å². The average molecular weight is 761 g/mol. The lowest BCUT2D eigenvalue weighted by Gasteiger charge is -2.48. The fourth-order valence-corrected chi connectivity index (χ4v) is 13.5. The van der Waals surface area contributed by atoms with Crippen LogP contribution in [0.1, 0.15) is 57.3 Å². The summed E-state index contributed by atoms with van der Waals surface area (Å²) in [6, 6.07) is 37.3. The van der Waals surface area contributed by atoms with E-state index in [1.165, 1.54) is 144 Å². The predicted molar refractivity (Wildman–Crippen MR) is 252 cm³/mol. The Morgan fingerprint density at radius 2 is 0.917 bits per heavy atom. The summed E-state index contributed by atoms with van der Waals surface area (Å²) in [7, 11) is 0. The summed E-state index contributed by atoms with van der Waals surface area (Å²) in [6.07, 6.45) is 27.2. The molecule has 1 saturated carbocycles. The van der Waals surface area contributed by atoms with Crippen molar-refractivity contribution in [2.75, 3.05) is 0 Å². The minimum atomic E-state index is 0.248. The monoisotopic (exact) mass is 760 g/mol. The van der Waals surface area contributed by atoms with E-state index < -0.39 is 0 Å². The second-order valence-corrected chi connectivity index (χ2v) is 18.5. The smallest absolute Gasteiger partial charge is 0.0212 e. The molecule has 0 radical (unpaired) electrons. The Balaban J connectivity index is 1.06. The summed E-state index contributed by atoms with van der Waals surface area (Å²) in [5.74, 6) is 1.25. The minimum absolute atomic E-state index is 0.248. The number of fused-ring (bicyclic) bond motifs is 12. The van der Waals surface area contributed by atoms with Crippen molar-refractivity contribution in [1.82, 2.24) is 0 Å². The number of aryl methyl sites for hydroxylation is 2. The van der Waals surface area contributed by atoms with Crippen LogP contribution in [-0.4, -0.2) is 0 Å². The van der Waals surface area contributed by atoms with E-state index in [9.17, 15) is 0 Å². The van der Waals surface area contributed by atoms with Crippen molar-refractivity contribution >= 4 is 55.0 Å². The quantitative estimate of drug-likeness (QED) is 0.154. The molecule has 0 heteroatoms. The topological polar surface area (TPSA) is 0 Å². The van der Waals surface area contributed by atoms with Gasteiger partial charge in [-0.2, -0.15) is 0 Å². The van der Waals surface area contributed by atoms with Crippen molar-refractivity contribution < 1.29 is 0 Å². The molecule has 4 atom stereocenters. The Kier molecular flexibility index (Phi) is 5.94. The van der Waals surface area contributed by atoms with Crippen LogP contribution in [0.3, 0.4) is 0 Å². The zero-order chi connectivity index (χ0) is 39.1. The molecular formula is C60H40. The maximum absolute atomic E-state index is 2.61. The number of allylic oxidation sites excluding steroid dienone is 20. The fraction of sp³-hybridized carbons (Fsp3) is 0.133. The second-order valence-electron chi connectivity index (χ2n) is 18.5. The van der Waals surface area contributed by atoms with E-state index in [2.05, 4.69) is 172 Å². The summed E-state index contributed by atoms with van der Waals surface area (Å²) in [5, 5.41) is 5.58. The highest BCUT2D eigenvalue weighted by molar-refractivity contribution is 6.30. The Bertz CT molecular complexity index is 3460. The van der Waals surface area contributed by atoms with Gasteiger partial charge in [0.25, 0.3) is 0 Å². The first-order valence-corrected chi connectivity index (χ1v) is 22.1. The first-order chi connectivity index (χ1) is 29.6. The van der Waals surface area contributed by atoms with Crippen LogP contribution < -0.4 is 0 Å². The van der Waals surface area contributed by atoms with Gasteiger partial charge >= 0.3 is 0 Å². The highest BCUT2D eigenvalue weighted by Crippen LogP contribution is 2.69. The standard InChI is InChI=1S/C60H40/c1-31-28-47-42-22-20-38-40-24-26-45-57-46(27-25-41(55(40)57)39-21-23-43(56(42)54(38)39)48(47)29-32(31)2)60-52(34-14-7-4-8-15-34)58-44-19-11-18-37-35-16-9-10-17-36(35)49(53(37)44)30-50(58)51(59(45)60)33-12-5-3-6-13-33/h3-9,11-16,18-30,54-57H,10,17H2,1-2H3. The fourth-order valence-electron chi connectivity index (χ4n) is 13.5. The second kappa shape index (κ2) is 11.1. The molecule has 9 aliphatic rings. The van der Waals surface area contributed by atoms with E-state index in [-0.39, 0.29) is 11.8 Å². The molecule has 1 fully saturated rings. The van der Waals surface area contributed by atoms with Crippen LogP contribution in [0.15, 0.2) is 180 Å². The van der Waals surface area contributed by atoms with Gasteiger partial charge in [-0.25, -0.2) is 0 Å². The molecule has 6 aromatic rings. The predicted octanol–water partition coefficient (Wildman–Crippen LogP) is 15.0. The van der Waals surface area contributed by atoms with Crippen molar-refractivity contribution in [3.05, 3.63) is 225 Å². The largest absolute Gasteiger partial charge is 0.0836 e. The lowest BCUT2D eigenvalue weighted by molar-refractivity contribution is 0.525. The van der Waals surface area contributed by atoms with Crippen LogP contribution in [0.5, 0.6) is 0 Å². The van der Waals surface area contributed by atoms with Crippen LogP contribution in [0.25, 0.3) is 77.2 Å². The van der Waals surface area contributed by atoms with Gasteiger partial charge in [0.2, 0.25) is 0 Å². The molecule has 0 aromatic heterocycles. The third-order valence-corrected chi connectivity index (χ3v) is 16.0. The summed E-state index contributed by atoms with van der Waals surface area (Å²) in [4.78, 5) is 0. The van der Waals surface area contributed by atoms with Gasteiger partial charge in [-0.15, -0.1) is 0 Å². The van der Waals surface area contributed by atoms with Gasteiger partial charge in [0.05, 0.1) is 0 Å². The molecule has 0 bridgehead atoms. The van der Waals surface area contributed by atoms with Crippen molar-refractivity contribution in [2.24, 2.45) is 23.7 Å². The van der Waals surface area contributed by atoms with Crippen LogP contribution in [0, 0.1) is 37.5 Å². The van der Waals surface area contributed by atoms with Crippen molar-refractivity contribution in [3.8, 4) is 22.3 Å². The van der Waals surface area contributed by atoms with E-state index in [4.69, 9.17) is 0 Å². The molecule has 9 aliphatic carbocycles. The maximum atomic E-state index is 2.61. The van der Waals surface area contributed by atoms with Gasteiger partial charge in [0.15, 0.2) is 0 Å². The van der Waals surface area contributed by atoms with Gasteiger partial charge in [-0.1, -0.05) is 152 Å². The normalized spacial score (nSPS) is 23.7. The Hall–Kier alpha value is -6.76. The molecule has 0 spiro atoms. The van der Waals surface area contributed by atoms with Gasteiger partial charge in [-0.05, 0) is 177 Å². The average Bonchev–Trinajstić information content (AvgIpc) is 3.92. The first-order valence-electron chi connectivity index (χ1n) is 22.1. The Morgan fingerprint density at radius 1 is 0.400 bits per heavy atom. The lowest BCUT2D eigenvalue weighted by Crippen LogP contribution is -2.37. The van der Waals surface area contributed by atoms with E-state index in [0.717, 1.165) is 12.8 Å². The molecule has 6 aromatic carbocycles. The third-order valence-electron chi connectivity index (χ3n) is 16.0. The maximum Gasteiger partial charge on any atom is 0.0212 e. The number of hydrogen-bond acceptors (Lipinski definition) is 0. The molecule has 0 heterocycles. The minimum Gasteiger partial charge on any atom is -0.0836 e. The van der Waals surface area contributed by atoms with E-state index >= 15 is 0 Å².